The fourth-order valence-corrected chi connectivity index (χ4v) is 9.46. The summed E-state index contributed by atoms with van der Waals surface area (Å²) >= 11 is 0. The van der Waals surface area contributed by atoms with Gasteiger partial charge in [0.05, 0.1) is 49.1 Å². The third kappa shape index (κ3) is 11.4. The summed E-state index contributed by atoms with van der Waals surface area (Å²) in [7, 11) is 3.12. The van der Waals surface area contributed by atoms with Crippen LogP contribution in [0.2, 0.25) is 0 Å². The summed E-state index contributed by atoms with van der Waals surface area (Å²) < 4.78 is 43.5. The zero-order valence-corrected chi connectivity index (χ0v) is 37.9. The van der Waals surface area contributed by atoms with Gasteiger partial charge < -0.3 is 75.1 Å². The summed E-state index contributed by atoms with van der Waals surface area (Å²) in [6.45, 7) is 18.1. The van der Waals surface area contributed by atoms with Crippen molar-refractivity contribution in [3.8, 4) is 5.75 Å². The molecule has 1 aromatic carbocycles. The number of rotatable bonds is 11. The van der Waals surface area contributed by atoms with E-state index in [1.165, 1.54) is 14.0 Å². The summed E-state index contributed by atoms with van der Waals surface area (Å²) in [5.74, 6) is -2.38. The van der Waals surface area contributed by atoms with Crippen LogP contribution in [0.4, 0.5) is 0 Å². The summed E-state index contributed by atoms with van der Waals surface area (Å²) in [4.78, 5) is 14.4. The van der Waals surface area contributed by atoms with E-state index in [0.717, 1.165) is 5.56 Å². The second kappa shape index (κ2) is 20.6. The van der Waals surface area contributed by atoms with E-state index in [9.17, 15) is 30.3 Å². The lowest BCUT2D eigenvalue weighted by atomic mass is 9.75. The Morgan fingerprint density at radius 3 is 2.30 bits per heavy atom. The first kappa shape index (κ1) is 50.6. The maximum atomic E-state index is 14.4. The summed E-state index contributed by atoms with van der Waals surface area (Å²) in [5.41, 5.74) is 1.05. The molecule has 3 aliphatic heterocycles. The number of hydrogen-bond acceptors (Lipinski definition) is 16. The predicted octanol–water partition coefficient (Wildman–Crippen LogP) is 2.12. The number of esters is 1. The van der Waals surface area contributed by atoms with Crippen molar-refractivity contribution in [3.05, 3.63) is 29.8 Å². The van der Waals surface area contributed by atoms with Gasteiger partial charge in [0.25, 0.3) is 0 Å². The van der Waals surface area contributed by atoms with E-state index in [2.05, 4.69) is 10.6 Å². The Labute approximate surface area is 357 Å². The van der Waals surface area contributed by atoms with Crippen LogP contribution in [0.5, 0.6) is 5.75 Å². The number of carbonyl (C=O) groups excluding carboxylic acids is 1. The van der Waals surface area contributed by atoms with Crippen LogP contribution in [0, 0.1) is 17.8 Å². The molecule has 0 saturated carbocycles. The monoisotopic (exact) mass is 856 g/mol. The number of nitrogens with two attached hydrogens (primary N) is 1. The molecule has 1 unspecified atom stereocenters. The number of nitrogens with one attached hydrogen (secondary N) is 2. The maximum Gasteiger partial charge on any atom is 0.311 e. The number of cyclic esters (lactones) is 1. The van der Waals surface area contributed by atoms with Crippen LogP contribution in [-0.4, -0.2) is 149 Å². The predicted molar refractivity (Wildman–Crippen MR) is 224 cm³/mol. The molecule has 346 valence electrons. The molecule has 3 fully saturated rings. The lowest BCUT2D eigenvalue weighted by molar-refractivity contribution is -0.335. The van der Waals surface area contributed by atoms with E-state index >= 15 is 0 Å². The third-order valence-electron chi connectivity index (χ3n) is 13.5. The fraction of sp³-hybridized carbons (Fsp3) is 0.841. The maximum absolute atomic E-state index is 14.4. The van der Waals surface area contributed by atoms with Crippen LogP contribution in [0.1, 0.15) is 100 Å². The molecule has 0 radical (unpaired) electrons. The van der Waals surface area contributed by atoms with Gasteiger partial charge in [-0.2, -0.15) is 0 Å². The van der Waals surface area contributed by atoms with Crippen molar-refractivity contribution in [1.29, 1.82) is 0 Å². The first-order valence-corrected chi connectivity index (χ1v) is 21.7. The Hall–Kier alpha value is -2.03. The molecule has 0 aliphatic carbocycles. The number of carbonyl (C=O) groups is 1. The van der Waals surface area contributed by atoms with Crippen LogP contribution in [0.3, 0.4) is 0 Å². The van der Waals surface area contributed by atoms with E-state index in [4.69, 9.17) is 38.9 Å². The Kier molecular flexibility index (Phi) is 17.4. The highest BCUT2D eigenvalue weighted by atomic mass is 16.7. The van der Waals surface area contributed by atoms with Gasteiger partial charge in [-0.1, -0.05) is 32.9 Å². The molecule has 1 aromatic rings. The molecule has 18 atom stereocenters. The number of methoxy groups -OCH3 is 2. The molecule has 3 saturated heterocycles. The van der Waals surface area contributed by atoms with Crippen molar-refractivity contribution in [2.45, 2.75) is 191 Å². The van der Waals surface area contributed by atoms with Gasteiger partial charge >= 0.3 is 5.97 Å². The standard InChI is InChI=1S/C44H77N3O13/c1-13-33-43(10,52)37(49)24(2)21-47-25(3)19-41(8,51)38(60-40-35(48)32(45)17-26(4)56-40)27(5)36(28(6)39(50)58-33)59-34-20-42(9,55-12)44(53,29(7)57-34)23-46-22-30-15-14-16-31(18-30)54-11/h14-16,18,24-29,32-38,40,46-49,51-53H,13,17,19-23,45H2,1-12H3/t24-,25-,26-,27-,28-,29+,32+,33+,34?,35-,36-,37+,38-,40+,41-,42-,43-,44+/m1/s1. The van der Waals surface area contributed by atoms with Crippen molar-refractivity contribution in [2.75, 3.05) is 27.3 Å². The lowest BCUT2D eigenvalue weighted by Crippen LogP contribution is -2.70. The van der Waals surface area contributed by atoms with Crippen molar-refractivity contribution in [1.82, 2.24) is 10.6 Å². The number of hydrogen-bond donors (Lipinski definition) is 8. The molecule has 3 heterocycles. The summed E-state index contributed by atoms with van der Waals surface area (Å²) in [6, 6.07) is 6.63. The topological polar surface area (TPSA) is 233 Å². The van der Waals surface area contributed by atoms with Gasteiger partial charge in [-0.05, 0) is 91.3 Å². The van der Waals surface area contributed by atoms with Gasteiger partial charge in [0.1, 0.15) is 34.8 Å². The van der Waals surface area contributed by atoms with Crippen LogP contribution >= 0.6 is 0 Å². The highest BCUT2D eigenvalue weighted by Gasteiger charge is 2.58. The lowest BCUT2D eigenvalue weighted by Gasteiger charge is -2.53. The van der Waals surface area contributed by atoms with Gasteiger partial charge in [-0.25, -0.2) is 0 Å². The van der Waals surface area contributed by atoms with Crippen LogP contribution in [0.15, 0.2) is 24.3 Å². The number of aliphatic hydroxyl groups excluding tert-OH is 2. The Bertz CT molecular complexity index is 1520. The van der Waals surface area contributed by atoms with Crippen LogP contribution < -0.4 is 21.1 Å². The van der Waals surface area contributed by atoms with Crippen molar-refractivity contribution >= 4 is 5.97 Å². The van der Waals surface area contributed by atoms with E-state index in [-0.39, 0.29) is 44.5 Å². The van der Waals surface area contributed by atoms with Crippen LogP contribution in [-0.2, 0) is 39.8 Å². The third-order valence-corrected chi connectivity index (χ3v) is 13.5. The highest BCUT2D eigenvalue weighted by Crippen LogP contribution is 2.43. The Morgan fingerprint density at radius 2 is 1.67 bits per heavy atom. The van der Waals surface area contributed by atoms with E-state index < -0.39 is 101 Å². The Morgan fingerprint density at radius 1 is 0.983 bits per heavy atom. The number of ether oxygens (including phenoxy) is 7. The SMILES string of the molecule is CC[C@@H]1OC(=O)[C@H](C)[C@H](OC2C[C@@](C)(OC)[C@](O)(CNCc3cccc(OC)c3)[C@H](C)O2)[C@@H](C)[C@@H](O[C@@H]2O[C@H](C)C[C@H](N)[C@H]2O)[C@](C)(O)C[C@@H](C)NC[C@@H](C)[C@H](O)[C@]1(C)O. The van der Waals surface area contributed by atoms with Crippen LogP contribution in [0.25, 0.3) is 0 Å². The average molecular weight is 856 g/mol. The highest BCUT2D eigenvalue weighted by molar-refractivity contribution is 5.73. The first-order valence-electron chi connectivity index (χ1n) is 21.7. The number of aliphatic hydroxyl groups is 5. The average Bonchev–Trinajstić information content (AvgIpc) is 3.19. The van der Waals surface area contributed by atoms with Gasteiger partial charge in [-0.3, -0.25) is 4.79 Å². The molecule has 0 spiro atoms. The minimum Gasteiger partial charge on any atom is -0.497 e. The van der Waals surface area contributed by atoms with Gasteiger partial charge in [0.2, 0.25) is 0 Å². The van der Waals surface area contributed by atoms with E-state index in [1.807, 2.05) is 38.1 Å². The zero-order valence-electron chi connectivity index (χ0n) is 37.9. The minimum absolute atomic E-state index is 0.0340. The van der Waals surface area contributed by atoms with Gasteiger partial charge in [0, 0.05) is 51.2 Å². The molecule has 0 bridgehead atoms. The summed E-state index contributed by atoms with van der Waals surface area (Å²) in [5, 5.41) is 65.8. The molecule has 16 heteroatoms. The molecular weight excluding hydrogens is 778 g/mol. The second-order valence-electron chi connectivity index (χ2n) is 18.6. The molecule has 60 heavy (non-hydrogen) atoms. The molecule has 16 nitrogen and oxygen atoms in total. The molecule has 0 aromatic heterocycles. The van der Waals surface area contributed by atoms with Gasteiger partial charge in [0.15, 0.2) is 12.6 Å². The number of benzene rings is 1. The quantitative estimate of drug-likeness (QED) is 0.149. The van der Waals surface area contributed by atoms with E-state index in [0.29, 0.717) is 18.7 Å². The minimum atomic E-state index is -1.81. The second-order valence-corrected chi connectivity index (χ2v) is 18.6. The van der Waals surface area contributed by atoms with Crippen molar-refractivity contribution < 1.29 is 63.5 Å². The zero-order chi connectivity index (χ0) is 45.0. The van der Waals surface area contributed by atoms with Crippen molar-refractivity contribution in [2.24, 2.45) is 23.5 Å². The van der Waals surface area contributed by atoms with Gasteiger partial charge in [-0.15, -0.1) is 0 Å². The van der Waals surface area contributed by atoms with E-state index in [1.54, 1.807) is 55.6 Å². The fourth-order valence-electron chi connectivity index (χ4n) is 9.46. The molecule has 9 N–H and O–H groups in total. The smallest absolute Gasteiger partial charge is 0.311 e. The molecule has 4 rings (SSSR count). The first-order chi connectivity index (χ1) is 27.9. The summed E-state index contributed by atoms with van der Waals surface area (Å²) in [6.07, 6.45) is -8.51. The molecule has 3 aliphatic rings. The largest absolute Gasteiger partial charge is 0.497 e. The molecular formula is C44H77N3O13. The molecule has 0 amide bonds. The Balaban J connectivity index is 1.73. The normalized spacial score (nSPS) is 45.3. The van der Waals surface area contributed by atoms with Crippen molar-refractivity contribution in [3.63, 3.8) is 0 Å².